The Morgan fingerprint density at radius 3 is 2.50 bits per heavy atom. The highest BCUT2D eigenvalue weighted by Crippen LogP contribution is 2.10. The molecular formula is C12H18N2O3S. The summed E-state index contributed by atoms with van der Waals surface area (Å²) in [4.78, 5) is 10.6. The minimum absolute atomic E-state index is 0.0419. The van der Waals surface area contributed by atoms with Crippen LogP contribution in [0.1, 0.15) is 18.1 Å². The van der Waals surface area contributed by atoms with E-state index in [-0.39, 0.29) is 18.2 Å². The molecule has 100 valence electrons. The lowest BCUT2D eigenvalue weighted by Gasteiger charge is -2.08. The third-order valence-electron chi connectivity index (χ3n) is 2.43. The molecule has 6 heteroatoms. The summed E-state index contributed by atoms with van der Waals surface area (Å²) in [7, 11) is -3.36. The van der Waals surface area contributed by atoms with Gasteiger partial charge in [-0.15, -0.1) is 0 Å². The molecule has 0 aliphatic heterocycles. The summed E-state index contributed by atoms with van der Waals surface area (Å²) in [5.41, 5.74) is 1.73. The van der Waals surface area contributed by atoms with Crippen molar-refractivity contribution in [3.63, 3.8) is 0 Å². The van der Waals surface area contributed by atoms with Crippen LogP contribution in [0, 0.1) is 6.92 Å². The van der Waals surface area contributed by atoms with Crippen LogP contribution in [0.25, 0.3) is 0 Å². The van der Waals surface area contributed by atoms with E-state index in [9.17, 15) is 13.2 Å². The monoisotopic (exact) mass is 270 g/mol. The maximum atomic E-state index is 11.8. The zero-order chi connectivity index (χ0) is 13.6. The zero-order valence-corrected chi connectivity index (χ0v) is 11.4. The minimum Gasteiger partial charge on any atom is -0.355 e. The van der Waals surface area contributed by atoms with Crippen LogP contribution in [0.3, 0.4) is 0 Å². The molecule has 0 radical (unpaired) electrons. The lowest BCUT2D eigenvalue weighted by Crippen LogP contribution is -2.34. The Kier molecular flexibility index (Phi) is 5.30. The standard InChI is InChI=1S/C12H18N2O3S/c1-10-5-3-4-6-12(10)9-18(16,17)14-8-7-13-11(2)15/h3-6,14H,7-9H2,1-2H3,(H,13,15). The predicted molar refractivity (Wildman–Crippen MR) is 70.5 cm³/mol. The third kappa shape index (κ3) is 5.29. The maximum Gasteiger partial charge on any atom is 0.216 e. The van der Waals surface area contributed by atoms with Crippen molar-refractivity contribution in [2.45, 2.75) is 19.6 Å². The molecule has 0 bridgehead atoms. The molecule has 0 spiro atoms. The quantitative estimate of drug-likeness (QED) is 0.741. The van der Waals surface area contributed by atoms with Crippen LogP contribution in [-0.2, 0) is 20.6 Å². The number of sulfonamides is 1. The summed E-state index contributed by atoms with van der Waals surface area (Å²) in [5.74, 6) is -0.215. The maximum absolute atomic E-state index is 11.8. The van der Waals surface area contributed by atoms with Gasteiger partial charge in [-0.05, 0) is 18.1 Å². The summed E-state index contributed by atoms with van der Waals surface area (Å²) in [6, 6.07) is 7.36. The Bertz CT molecular complexity index is 512. The smallest absolute Gasteiger partial charge is 0.216 e. The van der Waals surface area contributed by atoms with E-state index in [0.29, 0.717) is 6.54 Å². The van der Waals surface area contributed by atoms with E-state index in [0.717, 1.165) is 11.1 Å². The first-order valence-electron chi connectivity index (χ1n) is 5.67. The summed E-state index contributed by atoms with van der Waals surface area (Å²) >= 11 is 0. The van der Waals surface area contributed by atoms with Gasteiger partial charge in [0.25, 0.3) is 0 Å². The van der Waals surface area contributed by atoms with Crippen molar-refractivity contribution in [3.8, 4) is 0 Å². The average molecular weight is 270 g/mol. The fourth-order valence-electron chi connectivity index (χ4n) is 1.47. The Morgan fingerprint density at radius 1 is 1.22 bits per heavy atom. The molecule has 0 saturated heterocycles. The van der Waals surface area contributed by atoms with Gasteiger partial charge >= 0.3 is 0 Å². The largest absolute Gasteiger partial charge is 0.355 e. The molecule has 0 atom stereocenters. The number of carbonyl (C=O) groups excluding carboxylic acids is 1. The van der Waals surface area contributed by atoms with Crippen LogP contribution >= 0.6 is 0 Å². The normalized spacial score (nSPS) is 11.2. The van der Waals surface area contributed by atoms with Gasteiger partial charge < -0.3 is 5.32 Å². The van der Waals surface area contributed by atoms with E-state index in [4.69, 9.17) is 0 Å². The molecule has 1 aromatic rings. The van der Waals surface area contributed by atoms with Gasteiger partial charge in [-0.2, -0.15) is 0 Å². The van der Waals surface area contributed by atoms with E-state index in [2.05, 4.69) is 10.0 Å². The highest BCUT2D eigenvalue weighted by atomic mass is 32.2. The molecule has 18 heavy (non-hydrogen) atoms. The fourth-order valence-corrected chi connectivity index (χ4v) is 2.72. The van der Waals surface area contributed by atoms with Crippen LogP contribution < -0.4 is 10.0 Å². The second-order valence-corrected chi connectivity index (χ2v) is 5.87. The van der Waals surface area contributed by atoms with Crippen LogP contribution in [-0.4, -0.2) is 27.4 Å². The second-order valence-electron chi connectivity index (χ2n) is 4.06. The van der Waals surface area contributed by atoms with Gasteiger partial charge in [-0.1, -0.05) is 24.3 Å². The van der Waals surface area contributed by atoms with Crippen LogP contribution in [0.4, 0.5) is 0 Å². The number of aryl methyl sites for hydroxylation is 1. The van der Waals surface area contributed by atoms with Crippen molar-refractivity contribution in [2.24, 2.45) is 0 Å². The number of benzene rings is 1. The first kappa shape index (κ1) is 14.7. The van der Waals surface area contributed by atoms with Gasteiger partial charge in [0.05, 0.1) is 5.75 Å². The average Bonchev–Trinajstić information content (AvgIpc) is 2.27. The first-order valence-corrected chi connectivity index (χ1v) is 7.32. The van der Waals surface area contributed by atoms with E-state index >= 15 is 0 Å². The number of nitrogens with one attached hydrogen (secondary N) is 2. The molecule has 1 aromatic carbocycles. The lowest BCUT2D eigenvalue weighted by molar-refractivity contribution is -0.118. The Labute approximate surface area is 108 Å². The Morgan fingerprint density at radius 2 is 1.89 bits per heavy atom. The fraction of sp³-hybridized carbons (Fsp3) is 0.417. The van der Waals surface area contributed by atoms with Gasteiger partial charge in [0.15, 0.2) is 0 Å². The minimum atomic E-state index is -3.36. The number of rotatable bonds is 6. The van der Waals surface area contributed by atoms with Crippen molar-refractivity contribution in [3.05, 3.63) is 35.4 Å². The van der Waals surface area contributed by atoms with Gasteiger partial charge in [0.2, 0.25) is 15.9 Å². The Hall–Kier alpha value is -1.40. The molecular weight excluding hydrogens is 252 g/mol. The van der Waals surface area contributed by atoms with Gasteiger partial charge in [0, 0.05) is 20.0 Å². The van der Waals surface area contributed by atoms with Crippen molar-refractivity contribution in [1.82, 2.24) is 10.0 Å². The van der Waals surface area contributed by atoms with Crippen LogP contribution in [0.15, 0.2) is 24.3 Å². The van der Waals surface area contributed by atoms with E-state index < -0.39 is 10.0 Å². The number of carbonyl (C=O) groups is 1. The van der Waals surface area contributed by atoms with Gasteiger partial charge in [-0.3, -0.25) is 4.79 Å². The SMILES string of the molecule is CC(=O)NCCNS(=O)(=O)Cc1ccccc1C. The molecule has 0 unspecified atom stereocenters. The molecule has 0 aliphatic rings. The van der Waals surface area contributed by atoms with Crippen molar-refractivity contribution < 1.29 is 13.2 Å². The summed E-state index contributed by atoms with van der Waals surface area (Å²) in [6.45, 7) is 3.76. The Balaban J connectivity index is 2.50. The highest BCUT2D eigenvalue weighted by molar-refractivity contribution is 7.88. The third-order valence-corrected chi connectivity index (χ3v) is 3.76. The van der Waals surface area contributed by atoms with Crippen LogP contribution in [0.5, 0.6) is 0 Å². The molecule has 0 saturated carbocycles. The molecule has 0 aliphatic carbocycles. The van der Waals surface area contributed by atoms with E-state index in [1.54, 1.807) is 6.07 Å². The molecule has 0 heterocycles. The topological polar surface area (TPSA) is 75.3 Å². The summed E-state index contributed by atoms with van der Waals surface area (Å²) in [5, 5.41) is 2.53. The molecule has 0 fully saturated rings. The van der Waals surface area contributed by atoms with Gasteiger partial charge in [-0.25, -0.2) is 13.1 Å². The molecule has 1 rings (SSSR count). The first-order chi connectivity index (χ1) is 8.41. The number of hydrogen-bond acceptors (Lipinski definition) is 3. The molecule has 0 aromatic heterocycles. The lowest BCUT2D eigenvalue weighted by atomic mass is 10.1. The van der Waals surface area contributed by atoms with Crippen molar-refractivity contribution in [1.29, 1.82) is 0 Å². The second kappa shape index (κ2) is 6.51. The highest BCUT2D eigenvalue weighted by Gasteiger charge is 2.11. The molecule has 1 amide bonds. The van der Waals surface area contributed by atoms with E-state index in [1.165, 1.54) is 6.92 Å². The zero-order valence-electron chi connectivity index (χ0n) is 10.6. The molecule has 2 N–H and O–H groups in total. The van der Waals surface area contributed by atoms with Crippen molar-refractivity contribution in [2.75, 3.05) is 13.1 Å². The number of amides is 1. The predicted octanol–water partition coefficient (Wildman–Crippen LogP) is 0.551. The number of hydrogen-bond donors (Lipinski definition) is 2. The van der Waals surface area contributed by atoms with Crippen molar-refractivity contribution >= 4 is 15.9 Å². The summed E-state index contributed by atoms with van der Waals surface area (Å²) in [6.07, 6.45) is 0. The summed E-state index contributed by atoms with van der Waals surface area (Å²) < 4.78 is 26.0. The van der Waals surface area contributed by atoms with Gasteiger partial charge in [0.1, 0.15) is 0 Å². The van der Waals surface area contributed by atoms with Crippen LogP contribution in [0.2, 0.25) is 0 Å². The molecule has 5 nitrogen and oxygen atoms in total. The van der Waals surface area contributed by atoms with E-state index in [1.807, 2.05) is 25.1 Å².